The zero-order valence-corrected chi connectivity index (χ0v) is 14.2. The molecule has 0 aromatic carbocycles. The Bertz CT molecular complexity index is 428. The van der Waals surface area contributed by atoms with Gasteiger partial charge in [-0.2, -0.15) is 0 Å². The Morgan fingerprint density at radius 2 is 1.57 bits per heavy atom. The third-order valence-electron chi connectivity index (χ3n) is 3.21. The Kier molecular flexibility index (Phi) is 15.1. The summed E-state index contributed by atoms with van der Waals surface area (Å²) < 4.78 is 0. The maximum absolute atomic E-state index is 11.4. The lowest BCUT2D eigenvalue weighted by molar-refractivity contribution is -0.137. The number of hydrogen-bond donors (Lipinski definition) is 1. The van der Waals surface area contributed by atoms with Crippen LogP contribution in [0.3, 0.4) is 0 Å². The largest absolute Gasteiger partial charge is 0.481 e. The zero-order valence-electron chi connectivity index (χ0n) is 14.2. The number of aliphatic carboxylic acids is 1. The van der Waals surface area contributed by atoms with Gasteiger partial charge in [-0.25, -0.2) is 0 Å². The van der Waals surface area contributed by atoms with Crippen molar-refractivity contribution in [3.63, 3.8) is 0 Å². The molecule has 23 heavy (non-hydrogen) atoms. The zero-order chi connectivity index (χ0) is 17.2. The van der Waals surface area contributed by atoms with Crippen molar-refractivity contribution >= 4 is 11.8 Å². The van der Waals surface area contributed by atoms with E-state index in [1.807, 2.05) is 24.3 Å². The molecule has 0 aromatic heterocycles. The monoisotopic (exact) mass is 318 g/mol. The Balaban J connectivity index is 3.62. The Labute approximate surface area is 140 Å². The smallest absolute Gasteiger partial charge is 0.303 e. The van der Waals surface area contributed by atoms with Crippen LogP contribution in [0.15, 0.2) is 48.6 Å². The number of hydrogen-bond acceptors (Lipinski definition) is 2. The molecule has 0 saturated carbocycles. The topological polar surface area (TPSA) is 54.4 Å². The molecule has 0 aromatic rings. The molecule has 128 valence electrons. The molecule has 0 aliphatic carbocycles. The van der Waals surface area contributed by atoms with Gasteiger partial charge < -0.3 is 5.11 Å². The highest BCUT2D eigenvalue weighted by Gasteiger charge is 2.01. The van der Waals surface area contributed by atoms with Gasteiger partial charge in [0.05, 0.1) is 0 Å². The molecule has 0 rings (SSSR count). The van der Waals surface area contributed by atoms with Crippen molar-refractivity contribution in [2.45, 2.75) is 64.7 Å². The second-order valence-corrected chi connectivity index (χ2v) is 5.43. The minimum atomic E-state index is -0.848. The molecule has 0 fully saturated rings. The molecular formula is C20H30O3. The van der Waals surface area contributed by atoms with Crippen LogP contribution in [-0.2, 0) is 9.59 Å². The van der Waals surface area contributed by atoms with Crippen molar-refractivity contribution in [3.8, 4) is 0 Å². The third-order valence-corrected chi connectivity index (χ3v) is 3.21. The highest BCUT2D eigenvalue weighted by atomic mass is 16.4. The molecular weight excluding hydrogens is 288 g/mol. The number of allylic oxidation sites excluding steroid dienone is 8. The summed E-state index contributed by atoms with van der Waals surface area (Å²) in [6.07, 6.45) is 23.2. The van der Waals surface area contributed by atoms with Gasteiger partial charge in [-0.15, -0.1) is 0 Å². The fourth-order valence-corrected chi connectivity index (χ4v) is 1.91. The molecule has 3 nitrogen and oxygen atoms in total. The molecule has 0 aliphatic rings. The van der Waals surface area contributed by atoms with Crippen molar-refractivity contribution in [3.05, 3.63) is 48.6 Å². The number of rotatable bonds is 14. The third kappa shape index (κ3) is 18.1. The van der Waals surface area contributed by atoms with Crippen LogP contribution in [-0.4, -0.2) is 16.9 Å². The van der Waals surface area contributed by atoms with Gasteiger partial charge in [-0.3, -0.25) is 9.59 Å². The number of unbranched alkanes of at least 4 members (excludes halogenated alkanes) is 3. The Hall–Kier alpha value is -1.90. The lowest BCUT2D eigenvalue weighted by Gasteiger charge is -1.94. The normalized spacial score (nSPS) is 12.2. The predicted molar refractivity (Wildman–Crippen MR) is 96.4 cm³/mol. The maximum atomic E-state index is 11.4. The number of carbonyl (C=O) groups is 2. The molecule has 0 radical (unpaired) electrons. The quantitative estimate of drug-likeness (QED) is 0.265. The summed E-state index contributed by atoms with van der Waals surface area (Å²) in [5.74, 6) is -0.765. The van der Waals surface area contributed by atoms with Crippen LogP contribution in [0.1, 0.15) is 64.7 Å². The number of carboxylic acid groups (broad SMARTS) is 1. The number of carbonyl (C=O) groups excluding carboxylic acids is 1. The molecule has 0 unspecified atom stereocenters. The van der Waals surface area contributed by atoms with Gasteiger partial charge in [0.1, 0.15) is 5.78 Å². The minimum absolute atomic E-state index is 0.0627. The van der Waals surface area contributed by atoms with Crippen LogP contribution in [0.25, 0.3) is 0 Å². The van der Waals surface area contributed by atoms with Gasteiger partial charge in [0.2, 0.25) is 0 Å². The lowest BCUT2D eigenvalue weighted by Crippen LogP contribution is -1.99. The first-order valence-electron chi connectivity index (χ1n) is 8.53. The van der Waals surface area contributed by atoms with Crippen LogP contribution in [0, 0.1) is 0 Å². The Morgan fingerprint density at radius 1 is 0.826 bits per heavy atom. The first-order valence-corrected chi connectivity index (χ1v) is 8.53. The highest BCUT2D eigenvalue weighted by molar-refractivity contribution is 5.80. The second-order valence-electron chi connectivity index (χ2n) is 5.43. The van der Waals surface area contributed by atoms with E-state index < -0.39 is 5.97 Å². The van der Waals surface area contributed by atoms with Gasteiger partial charge in [-0.05, 0) is 25.7 Å². The van der Waals surface area contributed by atoms with E-state index in [9.17, 15) is 9.59 Å². The summed E-state index contributed by atoms with van der Waals surface area (Å²) in [6, 6.07) is 0. The van der Waals surface area contributed by atoms with Crippen molar-refractivity contribution in [2.24, 2.45) is 0 Å². The predicted octanol–water partition coefficient (Wildman–Crippen LogP) is 5.40. The average molecular weight is 318 g/mol. The van der Waals surface area contributed by atoms with E-state index in [2.05, 4.69) is 25.2 Å². The van der Waals surface area contributed by atoms with E-state index in [0.717, 1.165) is 6.42 Å². The molecule has 0 heterocycles. The Morgan fingerprint density at radius 3 is 2.26 bits per heavy atom. The van der Waals surface area contributed by atoms with E-state index in [0.29, 0.717) is 19.3 Å². The molecule has 0 atom stereocenters. The van der Waals surface area contributed by atoms with E-state index >= 15 is 0 Å². The number of Topliss-reactive ketones (excluding diaryl/α,β-unsaturated/α-hetero) is 1. The van der Waals surface area contributed by atoms with Crippen molar-refractivity contribution in [1.29, 1.82) is 0 Å². The standard InChI is InChI=1S/C20H30O3/c1-2-3-4-5-6-7-8-9-10-11-12-13-14-16-19(21)17-15-18-20(22)23/h6-7,9-14H,2-5,8,15-18H2,1H3,(H,22,23)/b7-6+,10-9+,12-11+,14-13+. The molecule has 3 heteroatoms. The highest BCUT2D eigenvalue weighted by Crippen LogP contribution is 2.01. The van der Waals surface area contributed by atoms with Crippen molar-refractivity contribution in [1.82, 2.24) is 0 Å². The van der Waals surface area contributed by atoms with Crippen molar-refractivity contribution in [2.75, 3.05) is 0 Å². The molecule has 1 N–H and O–H groups in total. The summed E-state index contributed by atoms with van der Waals surface area (Å²) in [4.78, 5) is 21.8. The van der Waals surface area contributed by atoms with Crippen LogP contribution in [0.5, 0.6) is 0 Å². The van der Waals surface area contributed by atoms with E-state index in [1.165, 1.54) is 25.7 Å². The first-order chi connectivity index (χ1) is 11.2. The average Bonchev–Trinajstić information content (AvgIpc) is 2.51. The summed E-state index contributed by atoms with van der Waals surface area (Å²) in [6.45, 7) is 2.21. The lowest BCUT2D eigenvalue weighted by atomic mass is 10.1. The molecule has 0 aliphatic heterocycles. The fourth-order valence-electron chi connectivity index (χ4n) is 1.91. The van der Waals surface area contributed by atoms with E-state index in [1.54, 1.807) is 6.08 Å². The van der Waals surface area contributed by atoms with Crippen molar-refractivity contribution < 1.29 is 14.7 Å². The molecule has 0 saturated heterocycles. The first kappa shape index (κ1) is 21.1. The number of carboxylic acids is 1. The summed E-state index contributed by atoms with van der Waals surface area (Å²) in [7, 11) is 0. The van der Waals surface area contributed by atoms with Crippen LogP contribution in [0.2, 0.25) is 0 Å². The van der Waals surface area contributed by atoms with Gasteiger partial charge in [0, 0.05) is 19.3 Å². The van der Waals surface area contributed by atoms with Gasteiger partial charge in [0.15, 0.2) is 0 Å². The van der Waals surface area contributed by atoms with Crippen LogP contribution >= 0.6 is 0 Å². The SMILES string of the molecule is CCCCC/C=C/C/C=C/C=C/C=C/CC(=O)CCCC(=O)O. The van der Waals surface area contributed by atoms with E-state index in [-0.39, 0.29) is 12.2 Å². The molecule has 0 amide bonds. The summed E-state index contributed by atoms with van der Waals surface area (Å²) in [5.41, 5.74) is 0. The minimum Gasteiger partial charge on any atom is -0.481 e. The fraction of sp³-hybridized carbons (Fsp3) is 0.500. The van der Waals surface area contributed by atoms with Crippen LogP contribution in [0.4, 0.5) is 0 Å². The van der Waals surface area contributed by atoms with E-state index in [4.69, 9.17) is 5.11 Å². The number of ketones is 1. The van der Waals surface area contributed by atoms with Crippen LogP contribution < -0.4 is 0 Å². The molecule has 0 bridgehead atoms. The summed E-state index contributed by atoms with van der Waals surface area (Å²) in [5, 5.41) is 8.48. The van der Waals surface area contributed by atoms with Gasteiger partial charge in [0.25, 0.3) is 0 Å². The maximum Gasteiger partial charge on any atom is 0.303 e. The van der Waals surface area contributed by atoms with Gasteiger partial charge >= 0.3 is 5.97 Å². The second kappa shape index (κ2) is 16.5. The van der Waals surface area contributed by atoms with Gasteiger partial charge in [-0.1, -0.05) is 68.4 Å². The summed E-state index contributed by atoms with van der Waals surface area (Å²) >= 11 is 0. The molecule has 0 spiro atoms.